The van der Waals surface area contributed by atoms with E-state index in [0.29, 0.717) is 0 Å². The van der Waals surface area contributed by atoms with Gasteiger partial charge in [-0.1, -0.05) is 35.4 Å². The Bertz CT molecular complexity index is 1090. The summed E-state index contributed by atoms with van der Waals surface area (Å²) in [5.74, 6) is 0.136. The van der Waals surface area contributed by atoms with Crippen LogP contribution in [0.25, 0.3) is 6.08 Å². The molecule has 0 unspecified atom stereocenters. The number of aryl methyl sites for hydroxylation is 2. The molecule has 0 spiro atoms. The van der Waals surface area contributed by atoms with E-state index < -0.39 is 23.9 Å². The summed E-state index contributed by atoms with van der Waals surface area (Å²) in [5.41, 5.74) is 1.74. The maximum Gasteiger partial charge on any atom is 0.218 e. The molecular weight excluding hydrogens is 384 g/mol. The maximum absolute atomic E-state index is 13.2. The van der Waals surface area contributed by atoms with Crippen LogP contribution in [0.1, 0.15) is 16.9 Å². The van der Waals surface area contributed by atoms with E-state index in [1.807, 2.05) is 13.8 Å². The van der Waals surface area contributed by atoms with Crippen LogP contribution in [-0.2, 0) is 19.7 Å². The van der Waals surface area contributed by atoms with Crippen molar-refractivity contribution in [2.45, 2.75) is 23.6 Å². The Labute approximate surface area is 158 Å². The Morgan fingerprint density at radius 2 is 1.19 bits per heavy atom. The van der Waals surface area contributed by atoms with Gasteiger partial charge in [0.25, 0.3) is 0 Å². The molecule has 2 aromatic carbocycles. The highest BCUT2D eigenvalue weighted by Gasteiger charge is 2.34. The van der Waals surface area contributed by atoms with Gasteiger partial charge < -0.3 is 4.42 Å². The zero-order valence-corrected chi connectivity index (χ0v) is 16.4. The highest BCUT2D eigenvalue weighted by Crippen LogP contribution is 2.31. The minimum absolute atomic E-state index is 0.0957. The van der Waals surface area contributed by atoms with Crippen molar-refractivity contribution in [2.75, 3.05) is 0 Å². The first-order chi connectivity index (χ1) is 12.7. The first kappa shape index (κ1) is 19.1. The molecule has 0 aliphatic heterocycles. The molecule has 140 valence electrons. The van der Waals surface area contributed by atoms with E-state index in [4.69, 9.17) is 4.42 Å². The van der Waals surface area contributed by atoms with E-state index in [1.54, 1.807) is 30.3 Å². The molecule has 0 aliphatic rings. The third-order valence-electron chi connectivity index (χ3n) is 4.00. The predicted octanol–water partition coefficient (Wildman–Crippen LogP) is 4.14. The summed E-state index contributed by atoms with van der Waals surface area (Å²) in [6.45, 7) is 3.64. The van der Waals surface area contributed by atoms with Crippen molar-refractivity contribution in [2.24, 2.45) is 0 Å². The summed E-state index contributed by atoms with van der Waals surface area (Å²) in [7, 11) is -8.59. The number of furan rings is 1. The molecule has 27 heavy (non-hydrogen) atoms. The highest BCUT2D eigenvalue weighted by molar-refractivity contribution is 8.14. The topological polar surface area (TPSA) is 81.4 Å². The van der Waals surface area contributed by atoms with Crippen LogP contribution >= 0.6 is 0 Å². The third kappa shape index (κ3) is 3.89. The van der Waals surface area contributed by atoms with Crippen molar-refractivity contribution in [1.29, 1.82) is 0 Å². The van der Waals surface area contributed by atoms with Crippen LogP contribution in [0.3, 0.4) is 0 Å². The molecule has 0 bridgehead atoms. The van der Waals surface area contributed by atoms with Crippen LogP contribution in [0.5, 0.6) is 0 Å². The third-order valence-corrected chi connectivity index (χ3v) is 8.39. The van der Waals surface area contributed by atoms with Crippen LogP contribution in [-0.4, -0.2) is 16.8 Å². The second-order valence-corrected chi connectivity index (χ2v) is 10.2. The molecule has 0 amide bonds. The van der Waals surface area contributed by atoms with Crippen molar-refractivity contribution >= 4 is 25.8 Å². The molecule has 0 fully saturated rings. The van der Waals surface area contributed by atoms with E-state index in [-0.39, 0.29) is 15.6 Å². The lowest BCUT2D eigenvalue weighted by molar-refractivity contribution is 0.556. The van der Waals surface area contributed by atoms with Gasteiger partial charge >= 0.3 is 0 Å². The normalized spacial score (nSPS) is 11.9. The fourth-order valence-electron chi connectivity index (χ4n) is 2.46. The Kier molecular flexibility index (Phi) is 5.08. The fourth-order valence-corrected chi connectivity index (χ4v) is 6.19. The molecule has 0 atom stereocenters. The van der Waals surface area contributed by atoms with Gasteiger partial charge in [0.15, 0.2) is 4.24 Å². The zero-order valence-electron chi connectivity index (χ0n) is 14.8. The SMILES string of the molecule is Cc1ccc(S(=O)(=O)C(=Cc2ccco2)S(=O)(=O)c2ccc(C)cc2)cc1. The molecule has 0 aliphatic carbocycles. The molecule has 5 nitrogen and oxygen atoms in total. The zero-order chi connectivity index (χ0) is 19.7. The van der Waals surface area contributed by atoms with Crippen LogP contribution in [0.2, 0.25) is 0 Å². The van der Waals surface area contributed by atoms with Gasteiger partial charge in [0, 0.05) is 6.08 Å². The average Bonchev–Trinajstić information content (AvgIpc) is 3.13. The summed E-state index contributed by atoms with van der Waals surface area (Å²) >= 11 is 0. The van der Waals surface area contributed by atoms with E-state index in [9.17, 15) is 16.8 Å². The number of hydrogen-bond donors (Lipinski definition) is 0. The van der Waals surface area contributed by atoms with Gasteiger partial charge in [0.1, 0.15) is 5.76 Å². The summed E-state index contributed by atoms with van der Waals surface area (Å²) < 4.78 is 57.1. The van der Waals surface area contributed by atoms with Crippen LogP contribution in [0.4, 0.5) is 0 Å². The molecule has 0 saturated carbocycles. The maximum atomic E-state index is 13.2. The highest BCUT2D eigenvalue weighted by atomic mass is 32.3. The second-order valence-electron chi connectivity index (χ2n) is 6.11. The summed E-state index contributed by atoms with van der Waals surface area (Å²) in [6, 6.07) is 15.1. The number of hydrogen-bond acceptors (Lipinski definition) is 5. The van der Waals surface area contributed by atoms with Gasteiger partial charge in [-0.25, -0.2) is 16.8 Å². The molecule has 3 aromatic rings. The largest absolute Gasteiger partial charge is 0.465 e. The minimum Gasteiger partial charge on any atom is -0.465 e. The predicted molar refractivity (Wildman–Crippen MR) is 103 cm³/mol. The van der Waals surface area contributed by atoms with Crippen molar-refractivity contribution in [1.82, 2.24) is 0 Å². The first-order valence-electron chi connectivity index (χ1n) is 8.10. The molecule has 1 aromatic heterocycles. The van der Waals surface area contributed by atoms with E-state index in [2.05, 4.69) is 0 Å². The molecule has 0 radical (unpaired) electrons. The molecule has 1 heterocycles. The van der Waals surface area contributed by atoms with Crippen molar-refractivity contribution < 1.29 is 21.3 Å². The first-order valence-corrected chi connectivity index (χ1v) is 11.1. The average molecular weight is 402 g/mol. The molecule has 3 rings (SSSR count). The minimum atomic E-state index is -4.30. The second kappa shape index (κ2) is 7.17. The van der Waals surface area contributed by atoms with E-state index >= 15 is 0 Å². The molecule has 0 saturated heterocycles. The van der Waals surface area contributed by atoms with Crippen molar-refractivity contribution in [3.8, 4) is 0 Å². The standard InChI is InChI=1S/C20H18O5S2/c1-15-5-9-18(10-6-15)26(21,22)20(14-17-4-3-13-25-17)27(23,24)19-11-7-16(2)8-12-19/h3-14H,1-2H3. The monoisotopic (exact) mass is 402 g/mol. The molecule has 7 heteroatoms. The lowest BCUT2D eigenvalue weighted by Crippen LogP contribution is -2.15. The number of benzene rings is 2. The van der Waals surface area contributed by atoms with E-state index in [1.165, 1.54) is 36.6 Å². The lowest BCUT2D eigenvalue weighted by atomic mass is 10.2. The summed E-state index contributed by atoms with van der Waals surface area (Å²) in [4.78, 5) is -0.191. The fraction of sp³-hybridized carbons (Fsp3) is 0.100. The summed E-state index contributed by atoms with van der Waals surface area (Å²) in [5, 5.41) is 0. The van der Waals surface area contributed by atoms with Crippen molar-refractivity contribution in [3.63, 3.8) is 0 Å². The number of rotatable bonds is 5. The Morgan fingerprint density at radius 3 is 1.56 bits per heavy atom. The Hall–Kier alpha value is -2.64. The van der Waals surface area contributed by atoms with Gasteiger partial charge in [-0.15, -0.1) is 0 Å². The Balaban J connectivity index is 2.24. The van der Waals surface area contributed by atoms with E-state index in [0.717, 1.165) is 17.2 Å². The van der Waals surface area contributed by atoms with Crippen LogP contribution in [0, 0.1) is 13.8 Å². The van der Waals surface area contributed by atoms with Crippen molar-refractivity contribution in [3.05, 3.63) is 88.1 Å². The summed E-state index contributed by atoms with van der Waals surface area (Å²) in [6.07, 6.45) is 2.39. The van der Waals surface area contributed by atoms with Gasteiger partial charge in [-0.05, 0) is 50.2 Å². The Morgan fingerprint density at radius 1 is 0.741 bits per heavy atom. The van der Waals surface area contributed by atoms with Crippen LogP contribution in [0.15, 0.2) is 85.4 Å². The quantitative estimate of drug-likeness (QED) is 0.641. The van der Waals surface area contributed by atoms with Crippen LogP contribution < -0.4 is 0 Å². The molecule has 0 N–H and O–H groups in total. The lowest BCUT2D eigenvalue weighted by Gasteiger charge is -2.11. The van der Waals surface area contributed by atoms with Gasteiger partial charge in [0.2, 0.25) is 19.7 Å². The van der Waals surface area contributed by atoms with Gasteiger partial charge in [-0.3, -0.25) is 0 Å². The number of sulfone groups is 2. The van der Waals surface area contributed by atoms with Gasteiger partial charge in [-0.2, -0.15) is 0 Å². The van der Waals surface area contributed by atoms with Gasteiger partial charge in [0.05, 0.1) is 16.1 Å². The molecular formula is C20H18O5S2. The smallest absolute Gasteiger partial charge is 0.218 e.